The van der Waals surface area contributed by atoms with Gasteiger partial charge in [0, 0.05) is 50.7 Å². The van der Waals surface area contributed by atoms with Gasteiger partial charge in [0.05, 0.1) is 12.1 Å². The molecule has 2 amide bonds. The van der Waals surface area contributed by atoms with Gasteiger partial charge in [-0.05, 0) is 17.5 Å². The molecule has 1 unspecified atom stereocenters. The van der Waals surface area contributed by atoms with Gasteiger partial charge < -0.3 is 20.6 Å². The normalized spacial score (nSPS) is 17.5. The van der Waals surface area contributed by atoms with Crippen LogP contribution in [-0.2, 0) is 17.8 Å². The second-order valence-corrected chi connectivity index (χ2v) is 10.2. The second-order valence-electron chi connectivity index (χ2n) is 10.2. The van der Waals surface area contributed by atoms with E-state index in [1.807, 2.05) is 31.7 Å². The summed E-state index contributed by atoms with van der Waals surface area (Å²) < 4.78 is 0. The summed E-state index contributed by atoms with van der Waals surface area (Å²) in [4.78, 5) is 37.1. The molecule has 1 atom stereocenters. The molecule has 2 aliphatic heterocycles. The number of benzene rings is 1. The van der Waals surface area contributed by atoms with E-state index in [4.69, 9.17) is 0 Å². The molecule has 2 aromatic rings. The van der Waals surface area contributed by atoms with Gasteiger partial charge in [0.15, 0.2) is 0 Å². The predicted molar refractivity (Wildman–Crippen MR) is 129 cm³/mol. The van der Waals surface area contributed by atoms with Crippen molar-refractivity contribution in [3.8, 4) is 0 Å². The van der Waals surface area contributed by atoms with Crippen LogP contribution in [0.1, 0.15) is 42.4 Å². The van der Waals surface area contributed by atoms with Gasteiger partial charge in [-0.2, -0.15) is 0 Å². The SMILES string of the molecule is CC(C)(C)C(=O)N1CC(Nc2cc(C(=O)NCC(O)CN3CCc4ccccc4C3)ncn2)C1. The molecule has 1 aromatic carbocycles. The second kappa shape index (κ2) is 10.1. The number of aromatic nitrogens is 2. The monoisotopic (exact) mass is 466 g/mol. The first-order valence-corrected chi connectivity index (χ1v) is 11.8. The van der Waals surface area contributed by atoms with Gasteiger partial charge in [-0.25, -0.2) is 9.97 Å². The van der Waals surface area contributed by atoms with Crippen molar-refractivity contribution in [3.63, 3.8) is 0 Å². The van der Waals surface area contributed by atoms with E-state index < -0.39 is 11.5 Å². The number of hydrogen-bond donors (Lipinski definition) is 3. The summed E-state index contributed by atoms with van der Waals surface area (Å²) in [7, 11) is 0. The molecule has 1 fully saturated rings. The highest BCUT2D eigenvalue weighted by atomic mass is 16.3. The molecular formula is C25H34N6O3. The molecule has 0 spiro atoms. The Bertz CT molecular complexity index is 1030. The predicted octanol–water partition coefficient (Wildman–Crippen LogP) is 1.29. The standard InChI is InChI=1S/C25H34N6O3/c1-25(2,3)24(34)31-13-19(14-31)29-22-10-21(27-16-28-22)23(33)26-11-20(32)15-30-9-8-17-6-4-5-7-18(17)12-30/h4-7,10,16,19-20,32H,8-9,11-15H2,1-3H3,(H,26,33)(H,27,28,29). The number of aliphatic hydroxyl groups is 1. The fourth-order valence-corrected chi connectivity index (χ4v) is 4.35. The lowest BCUT2D eigenvalue weighted by atomic mass is 9.92. The van der Waals surface area contributed by atoms with Crippen LogP contribution < -0.4 is 10.6 Å². The smallest absolute Gasteiger partial charge is 0.270 e. The molecule has 0 bridgehead atoms. The van der Waals surface area contributed by atoms with Crippen molar-refractivity contribution < 1.29 is 14.7 Å². The van der Waals surface area contributed by atoms with E-state index >= 15 is 0 Å². The van der Waals surface area contributed by atoms with Crippen molar-refractivity contribution in [3.05, 3.63) is 53.5 Å². The molecule has 3 N–H and O–H groups in total. The summed E-state index contributed by atoms with van der Waals surface area (Å²) in [6.07, 6.45) is 1.64. The molecular weight excluding hydrogens is 432 g/mol. The minimum absolute atomic E-state index is 0.0913. The molecule has 0 aliphatic carbocycles. The highest BCUT2D eigenvalue weighted by Crippen LogP contribution is 2.23. The Morgan fingerprint density at radius 2 is 1.91 bits per heavy atom. The summed E-state index contributed by atoms with van der Waals surface area (Å²) in [6, 6.07) is 10.1. The van der Waals surface area contributed by atoms with Gasteiger partial charge in [0.2, 0.25) is 5.91 Å². The van der Waals surface area contributed by atoms with Crippen LogP contribution in [0, 0.1) is 5.41 Å². The molecule has 34 heavy (non-hydrogen) atoms. The first-order chi connectivity index (χ1) is 16.2. The van der Waals surface area contributed by atoms with Crippen LogP contribution in [-0.4, -0.2) is 81.6 Å². The quantitative estimate of drug-likeness (QED) is 0.564. The Morgan fingerprint density at radius 1 is 1.18 bits per heavy atom. The van der Waals surface area contributed by atoms with Gasteiger partial charge in [-0.15, -0.1) is 0 Å². The molecule has 1 saturated heterocycles. The first-order valence-electron chi connectivity index (χ1n) is 11.8. The zero-order valence-electron chi connectivity index (χ0n) is 20.1. The van der Waals surface area contributed by atoms with Gasteiger partial charge in [0.25, 0.3) is 5.91 Å². The van der Waals surface area contributed by atoms with Crippen LogP contribution in [0.2, 0.25) is 0 Å². The molecule has 9 heteroatoms. The van der Waals surface area contributed by atoms with Crippen molar-refractivity contribution in [1.82, 2.24) is 25.1 Å². The van der Waals surface area contributed by atoms with Crippen LogP contribution >= 0.6 is 0 Å². The fraction of sp³-hybridized carbons (Fsp3) is 0.520. The zero-order chi connectivity index (χ0) is 24.3. The van der Waals surface area contributed by atoms with E-state index in [0.717, 1.165) is 19.5 Å². The lowest BCUT2D eigenvalue weighted by molar-refractivity contribution is -0.143. The largest absolute Gasteiger partial charge is 0.390 e. The number of β-amino-alcohol motifs (C(OH)–C–C–N with tert-alkyl or cyclic N) is 1. The van der Waals surface area contributed by atoms with Crippen LogP contribution in [0.5, 0.6) is 0 Å². The van der Waals surface area contributed by atoms with Crippen molar-refractivity contribution >= 4 is 17.6 Å². The van der Waals surface area contributed by atoms with Gasteiger partial charge >= 0.3 is 0 Å². The molecule has 3 heterocycles. The maximum atomic E-state index is 12.6. The third-order valence-corrected chi connectivity index (χ3v) is 6.24. The summed E-state index contributed by atoms with van der Waals surface area (Å²) in [5.41, 5.74) is 2.50. The molecule has 9 nitrogen and oxygen atoms in total. The molecule has 182 valence electrons. The number of amides is 2. The lowest BCUT2D eigenvalue weighted by Gasteiger charge is -2.42. The Kier molecular flexibility index (Phi) is 7.13. The average molecular weight is 467 g/mol. The van der Waals surface area contributed by atoms with Gasteiger partial charge in [0.1, 0.15) is 17.8 Å². The fourth-order valence-electron chi connectivity index (χ4n) is 4.35. The Labute approximate surface area is 200 Å². The summed E-state index contributed by atoms with van der Waals surface area (Å²) >= 11 is 0. The minimum atomic E-state index is -0.671. The Morgan fingerprint density at radius 3 is 2.65 bits per heavy atom. The average Bonchev–Trinajstić information content (AvgIpc) is 2.78. The number of rotatable bonds is 7. The first kappa shape index (κ1) is 24.1. The summed E-state index contributed by atoms with van der Waals surface area (Å²) in [6.45, 7) is 9.29. The number of anilines is 1. The topological polar surface area (TPSA) is 111 Å². The van der Waals surface area contributed by atoms with E-state index in [2.05, 4.69) is 43.7 Å². The molecule has 0 radical (unpaired) electrons. The maximum Gasteiger partial charge on any atom is 0.270 e. The zero-order valence-corrected chi connectivity index (χ0v) is 20.1. The number of nitrogens with one attached hydrogen (secondary N) is 2. The van der Waals surface area contributed by atoms with Crippen LogP contribution in [0.25, 0.3) is 0 Å². The van der Waals surface area contributed by atoms with E-state index in [9.17, 15) is 14.7 Å². The van der Waals surface area contributed by atoms with Gasteiger partial charge in [-0.3, -0.25) is 14.5 Å². The van der Waals surface area contributed by atoms with Crippen molar-refractivity contribution in [1.29, 1.82) is 0 Å². The number of aliphatic hydroxyl groups excluding tert-OH is 1. The Balaban J connectivity index is 1.22. The van der Waals surface area contributed by atoms with Crippen LogP contribution in [0.3, 0.4) is 0 Å². The molecule has 0 saturated carbocycles. The van der Waals surface area contributed by atoms with Crippen LogP contribution in [0.4, 0.5) is 5.82 Å². The van der Waals surface area contributed by atoms with Crippen molar-refractivity contribution in [2.45, 2.75) is 45.9 Å². The number of carbonyl (C=O) groups is 2. The molecule has 1 aromatic heterocycles. The van der Waals surface area contributed by atoms with E-state index in [1.165, 1.54) is 17.5 Å². The third-order valence-electron chi connectivity index (χ3n) is 6.24. The van der Waals surface area contributed by atoms with Crippen molar-refractivity contribution in [2.75, 3.05) is 38.0 Å². The lowest BCUT2D eigenvalue weighted by Crippen LogP contribution is -2.59. The number of carbonyl (C=O) groups excluding carboxylic acids is 2. The molecule has 4 rings (SSSR count). The highest BCUT2D eigenvalue weighted by molar-refractivity contribution is 5.92. The van der Waals surface area contributed by atoms with E-state index in [0.29, 0.717) is 25.5 Å². The summed E-state index contributed by atoms with van der Waals surface area (Å²) in [5, 5.41) is 16.5. The highest BCUT2D eigenvalue weighted by Gasteiger charge is 2.36. The molecule has 2 aliphatic rings. The van der Waals surface area contributed by atoms with E-state index in [-0.39, 0.29) is 30.1 Å². The number of fused-ring (bicyclic) bond motifs is 1. The third kappa shape index (κ3) is 5.90. The Hall–Kier alpha value is -3.04. The van der Waals surface area contributed by atoms with E-state index in [1.54, 1.807) is 6.07 Å². The van der Waals surface area contributed by atoms with Crippen molar-refractivity contribution in [2.24, 2.45) is 5.41 Å². The van der Waals surface area contributed by atoms with Crippen LogP contribution in [0.15, 0.2) is 36.7 Å². The number of likely N-dealkylation sites (tertiary alicyclic amines) is 1. The van der Waals surface area contributed by atoms with Gasteiger partial charge in [-0.1, -0.05) is 45.0 Å². The maximum absolute atomic E-state index is 12.6. The number of hydrogen-bond acceptors (Lipinski definition) is 7. The summed E-state index contributed by atoms with van der Waals surface area (Å²) in [5.74, 6) is 0.313. The minimum Gasteiger partial charge on any atom is -0.390 e. The number of nitrogens with zero attached hydrogens (tertiary/aromatic N) is 4.